The number of amides is 2. The summed E-state index contributed by atoms with van der Waals surface area (Å²) in [7, 11) is 0. The van der Waals surface area contributed by atoms with Crippen LogP contribution in [0.1, 0.15) is 23.1 Å². The number of hydrogen-bond acceptors (Lipinski definition) is 4. The predicted molar refractivity (Wildman–Crippen MR) is 121 cm³/mol. The molecule has 0 bridgehead atoms. The molecule has 1 aliphatic rings. The third-order valence-electron chi connectivity index (χ3n) is 4.62. The van der Waals surface area contributed by atoms with Crippen molar-refractivity contribution in [3.63, 3.8) is 0 Å². The van der Waals surface area contributed by atoms with Crippen LogP contribution >= 0.6 is 11.8 Å². The van der Waals surface area contributed by atoms with E-state index in [0.717, 1.165) is 28.1 Å². The van der Waals surface area contributed by atoms with E-state index in [1.165, 1.54) is 11.8 Å². The van der Waals surface area contributed by atoms with E-state index in [4.69, 9.17) is 0 Å². The standard InChI is InChI=1S/C23H25N3O2S/c1-5-12-26-22(28)20(29-23(26)24-18-9-6-15(2)7-10-18)14-21(27)25-19-11-8-16(3)13-17(19)4/h5-11,13,20H,1,12,14H2,2-4H3,(H,25,27)/t20-/m0/s1. The van der Waals surface area contributed by atoms with Crippen molar-refractivity contribution in [1.29, 1.82) is 0 Å². The van der Waals surface area contributed by atoms with Crippen LogP contribution in [-0.4, -0.2) is 33.7 Å². The van der Waals surface area contributed by atoms with Gasteiger partial charge in [0.1, 0.15) is 5.25 Å². The lowest BCUT2D eigenvalue weighted by molar-refractivity contribution is -0.127. The normalized spacial score (nSPS) is 17.6. The van der Waals surface area contributed by atoms with E-state index < -0.39 is 5.25 Å². The second-order valence-corrected chi connectivity index (χ2v) is 8.31. The van der Waals surface area contributed by atoms with Crippen LogP contribution in [0, 0.1) is 20.8 Å². The van der Waals surface area contributed by atoms with Gasteiger partial charge in [0.05, 0.1) is 5.69 Å². The van der Waals surface area contributed by atoms with Crippen molar-refractivity contribution >= 4 is 40.1 Å². The van der Waals surface area contributed by atoms with Gasteiger partial charge in [-0.25, -0.2) is 4.99 Å². The largest absolute Gasteiger partial charge is 0.326 e. The van der Waals surface area contributed by atoms with E-state index in [9.17, 15) is 9.59 Å². The fourth-order valence-electron chi connectivity index (χ4n) is 3.08. The molecular formula is C23H25N3O2S. The van der Waals surface area contributed by atoms with Gasteiger partial charge in [0, 0.05) is 18.7 Å². The molecule has 0 spiro atoms. The molecule has 1 aliphatic heterocycles. The van der Waals surface area contributed by atoms with Gasteiger partial charge in [-0.3, -0.25) is 14.5 Å². The summed E-state index contributed by atoms with van der Waals surface area (Å²) in [6.07, 6.45) is 1.76. The third kappa shape index (κ3) is 5.15. The summed E-state index contributed by atoms with van der Waals surface area (Å²) < 4.78 is 0. The average Bonchev–Trinajstić information content (AvgIpc) is 2.95. The summed E-state index contributed by atoms with van der Waals surface area (Å²) in [5, 5.41) is 3.02. The first-order chi connectivity index (χ1) is 13.9. The smallest absolute Gasteiger partial charge is 0.242 e. The lowest BCUT2D eigenvalue weighted by Gasteiger charge is -2.14. The van der Waals surface area contributed by atoms with Crippen LogP contribution in [0.15, 0.2) is 60.1 Å². The topological polar surface area (TPSA) is 61.8 Å². The molecule has 0 unspecified atom stereocenters. The molecule has 0 aromatic heterocycles. The van der Waals surface area contributed by atoms with Crippen molar-refractivity contribution in [3.8, 4) is 0 Å². The highest BCUT2D eigenvalue weighted by molar-refractivity contribution is 8.15. The molecule has 3 rings (SSSR count). The SMILES string of the molecule is C=CCN1C(=O)[C@H](CC(=O)Nc2ccc(C)cc2C)SC1=Nc1ccc(C)cc1. The zero-order valence-corrected chi connectivity index (χ0v) is 17.8. The number of aliphatic imine (C=N–C) groups is 1. The number of nitrogens with one attached hydrogen (secondary N) is 1. The number of anilines is 1. The van der Waals surface area contributed by atoms with E-state index in [1.54, 1.807) is 11.0 Å². The van der Waals surface area contributed by atoms with E-state index >= 15 is 0 Å². The minimum Gasteiger partial charge on any atom is -0.326 e. The molecule has 1 fully saturated rings. The fourth-order valence-corrected chi connectivity index (χ4v) is 4.24. The summed E-state index contributed by atoms with van der Waals surface area (Å²) in [6.45, 7) is 10.1. The van der Waals surface area contributed by atoms with Gasteiger partial charge in [-0.15, -0.1) is 6.58 Å². The number of rotatable bonds is 6. The summed E-state index contributed by atoms with van der Waals surface area (Å²) in [4.78, 5) is 31.6. The van der Waals surface area contributed by atoms with Gasteiger partial charge in [-0.2, -0.15) is 0 Å². The van der Waals surface area contributed by atoms with Gasteiger partial charge in [0.25, 0.3) is 0 Å². The molecule has 0 radical (unpaired) electrons. The van der Waals surface area contributed by atoms with E-state index in [1.807, 2.05) is 63.2 Å². The molecule has 150 valence electrons. The molecule has 2 amide bonds. The first-order valence-electron chi connectivity index (χ1n) is 9.49. The van der Waals surface area contributed by atoms with Crippen molar-refractivity contribution in [1.82, 2.24) is 4.90 Å². The Morgan fingerprint density at radius 2 is 1.86 bits per heavy atom. The maximum Gasteiger partial charge on any atom is 0.242 e. The van der Waals surface area contributed by atoms with Crippen LogP contribution in [0.25, 0.3) is 0 Å². The molecular weight excluding hydrogens is 382 g/mol. The lowest BCUT2D eigenvalue weighted by Crippen LogP contribution is -2.33. The Labute approximate surface area is 175 Å². The quantitative estimate of drug-likeness (QED) is 0.703. The molecule has 1 heterocycles. The Kier molecular flexibility index (Phi) is 6.54. The van der Waals surface area contributed by atoms with Crippen LogP contribution < -0.4 is 5.32 Å². The third-order valence-corrected chi connectivity index (χ3v) is 5.79. The Morgan fingerprint density at radius 1 is 1.17 bits per heavy atom. The molecule has 29 heavy (non-hydrogen) atoms. The van der Waals surface area contributed by atoms with Crippen LogP contribution in [0.3, 0.4) is 0 Å². The molecule has 2 aromatic rings. The molecule has 1 N–H and O–H groups in total. The first kappa shape index (κ1) is 20.9. The second-order valence-electron chi connectivity index (χ2n) is 7.14. The van der Waals surface area contributed by atoms with Crippen molar-refractivity contribution in [2.75, 3.05) is 11.9 Å². The number of aryl methyl sites for hydroxylation is 3. The zero-order chi connectivity index (χ0) is 21.0. The molecule has 0 saturated carbocycles. The van der Waals surface area contributed by atoms with Gasteiger partial charge in [-0.05, 0) is 44.5 Å². The monoisotopic (exact) mass is 407 g/mol. The van der Waals surface area contributed by atoms with Gasteiger partial charge in [0.15, 0.2) is 5.17 Å². The minimum atomic E-state index is -0.495. The number of carbonyl (C=O) groups excluding carboxylic acids is 2. The predicted octanol–water partition coefficient (Wildman–Crippen LogP) is 4.76. The number of benzene rings is 2. The molecule has 1 atom stereocenters. The van der Waals surface area contributed by atoms with Crippen molar-refractivity contribution in [3.05, 3.63) is 71.8 Å². The highest BCUT2D eigenvalue weighted by Crippen LogP contribution is 2.32. The number of amidine groups is 1. The van der Waals surface area contributed by atoms with Crippen molar-refractivity contribution in [2.24, 2.45) is 4.99 Å². The van der Waals surface area contributed by atoms with Crippen LogP contribution in [-0.2, 0) is 9.59 Å². The van der Waals surface area contributed by atoms with Gasteiger partial charge in [-0.1, -0.05) is 53.2 Å². The molecule has 0 aliphatic carbocycles. The van der Waals surface area contributed by atoms with Crippen LogP contribution in [0.2, 0.25) is 0 Å². The van der Waals surface area contributed by atoms with E-state index in [0.29, 0.717) is 11.7 Å². The minimum absolute atomic E-state index is 0.0946. The average molecular weight is 408 g/mol. The van der Waals surface area contributed by atoms with Crippen LogP contribution in [0.4, 0.5) is 11.4 Å². The Hall–Kier alpha value is -2.86. The first-order valence-corrected chi connectivity index (χ1v) is 10.4. The van der Waals surface area contributed by atoms with E-state index in [2.05, 4.69) is 16.9 Å². The van der Waals surface area contributed by atoms with Crippen LogP contribution in [0.5, 0.6) is 0 Å². The molecule has 2 aromatic carbocycles. The molecule has 1 saturated heterocycles. The molecule has 5 nitrogen and oxygen atoms in total. The van der Waals surface area contributed by atoms with Gasteiger partial charge >= 0.3 is 0 Å². The number of carbonyl (C=O) groups is 2. The summed E-state index contributed by atoms with van der Waals surface area (Å²) in [5.41, 5.74) is 4.83. The lowest BCUT2D eigenvalue weighted by atomic mass is 10.1. The summed E-state index contributed by atoms with van der Waals surface area (Å²) >= 11 is 1.33. The Morgan fingerprint density at radius 3 is 2.52 bits per heavy atom. The van der Waals surface area contributed by atoms with Crippen molar-refractivity contribution in [2.45, 2.75) is 32.4 Å². The van der Waals surface area contributed by atoms with Gasteiger partial charge < -0.3 is 5.32 Å². The van der Waals surface area contributed by atoms with Crippen molar-refractivity contribution < 1.29 is 9.59 Å². The number of hydrogen-bond donors (Lipinski definition) is 1. The fraction of sp³-hybridized carbons (Fsp3) is 0.261. The highest BCUT2D eigenvalue weighted by atomic mass is 32.2. The van der Waals surface area contributed by atoms with E-state index in [-0.39, 0.29) is 18.2 Å². The Balaban J connectivity index is 1.74. The number of nitrogens with zero attached hydrogens (tertiary/aromatic N) is 2. The zero-order valence-electron chi connectivity index (χ0n) is 16.9. The Bertz CT molecular complexity index is 967. The second kappa shape index (κ2) is 9.09. The maximum atomic E-state index is 12.8. The molecule has 6 heteroatoms. The summed E-state index contributed by atoms with van der Waals surface area (Å²) in [6, 6.07) is 13.7. The maximum absolute atomic E-state index is 12.8. The number of thioether (sulfide) groups is 1. The summed E-state index contributed by atoms with van der Waals surface area (Å²) in [5.74, 6) is -0.297. The highest BCUT2D eigenvalue weighted by Gasteiger charge is 2.38. The van der Waals surface area contributed by atoms with Gasteiger partial charge in [0.2, 0.25) is 11.8 Å².